The number of fused-ring (bicyclic) bond motifs is 2. The minimum absolute atomic E-state index is 0.475. The molecule has 2 aliphatic rings. The lowest BCUT2D eigenvalue weighted by molar-refractivity contribution is 0.121. The summed E-state index contributed by atoms with van der Waals surface area (Å²) in [6, 6.07) is 0.682. The van der Waals surface area contributed by atoms with Crippen molar-refractivity contribution in [3.63, 3.8) is 0 Å². The van der Waals surface area contributed by atoms with Crippen LogP contribution in [0.1, 0.15) is 46.5 Å². The van der Waals surface area contributed by atoms with Crippen LogP contribution in [0.3, 0.4) is 0 Å². The van der Waals surface area contributed by atoms with Crippen LogP contribution in [0.2, 0.25) is 0 Å². The molecule has 0 amide bonds. The molecule has 2 saturated carbocycles. The maximum atomic E-state index is 11.0. The van der Waals surface area contributed by atoms with Crippen molar-refractivity contribution in [1.29, 1.82) is 0 Å². The Hall–Kier alpha value is 0.110. The molecule has 0 saturated heterocycles. The molecule has 3 heteroatoms. The Balaban J connectivity index is 1.86. The predicted molar refractivity (Wildman–Crippen MR) is 74.6 cm³/mol. The number of rotatable bonds is 5. The molecule has 2 bridgehead atoms. The molecule has 0 heterocycles. The molecule has 2 nitrogen and oxygen atoms in total. The number of hydrogen-bond acceptors (Lipinski definition) is 2. The largest absolute Gasteiger partial charge is 0.313 e. The summed E-state index contributed by atoms with van der Waals surface area (Å²) in [4.78, 5) is 0. The minimum Gasteiger partial charge on any atom is -0.313 e. The van der Waals surface area contributed by atoms with Crippen molar-refractivity contribution >= 4 is 10.8 Å². The van der Waals surface area contributed by atoms with Gasteiger partial charge < -0.3 is 5.32 Å². The molecule has 2 fully saturated rings. The summed E-state index contributed by atoms with van der Waals surface area (Å²) in [6.45, 7) is 8.40. The monoisotopic (exact) mass is 257 g/mol. The van der Waals surface area contributed by atoms with E-state index in [0.717, 1.165) is 24.6 Å². The van der Waals surface area contributed by atoms with Gasteiger partial charge in [0.2, 0.25) is 0 Å². The fourth-order valence-electron chi connectivity index (χ4n) is 4.06. The first-order chi connectivity index (χ1) is 7.88. The van der Waals surface area contributed by atoms with Crippen molar-refractivity contribution in [2.24, 2.45) is 16.7 Å². The second-order valence-corrected chi connectivity index (χ2v) is 8.30. The first-order valence-electron chi connectivity index (χ1n) is 6.91. The van der Waals surface area contributed by atoms with Crippen molar-refractivity contribution in [3.05, 3.63) is 0 Å². The molecule has 2 rings (SSSR count). The molecule has 0 aromatic heterocycles. The van der Waals surface area contributed by atoms with E-state index in [1.807, 2.05) is 0 Å². The van der Waals surface area contributed by atoms with Crippen molar-refractivity contribution in [2.75, 3.05) is 18.6 Å². The first kappa shape index (κ1) is 13.5. The molecule has 4 unspecified atom stereocenters. The topological polar surface area (TPSA) is 29.1 Å². The molecule has 100 valence electrons. The van der Waals surface area contributed by atoms with E-state index in [4.69, 9.17) is 0 Å². The van der Waals surface area contributed by atoms with E-state index in [-0.39, 0.29) is 0 Å². The lowest BCUT2D eigenvalue weighted by Gasteiger charge is -2.39. The summed E-state index contributed by atoms with van der Waals surface area (Å²) in [5, 5.41) is 3.73. The highest BCUT2D eigenvalue weighted by atomic mass is 32.2. The second kappa shape index (κ2) is 4.65. The summed E-state index contributed by atoms with van der Waals surface area (Å²) in [5.41, 5.74) is 0.973. The predicted octanol–water partition coefficient (Wildman–Crippen LogP) is 2.56. The van der Waals surface area contributed by atoms with Crippen molar-refractivity contribution < 1.29 is 4.21 Å². The van der Waals surface area contributed by atoms with E-state index >= 15 is 0 Å². The van der Waals surface area contributed by atoms with Gasteiger partial charge in [-0.05, 0) is 49.0 Å². The van der Waals surface area contributed by atoms with Crippen molar-refractivity contribution in [1.82, 2.24) is 5.32 Å². The van der Waals surface area contributed by atoms with Crippen LogP contribution in [0.4, 0.5) is 0 Å². The van der Waals surface area contributed by atoms with Gasteiger partial charge in [-0.3, -0.25) is 4.21 Å². The van der Waals surface area contributed by atoms with Gasteiger partial charge >= 0.3 is 0 Å². The third-order valence-corrected chi connectivity index (χ3v) is 6.66. The number of hydrogen-bond donors (Lipinski definition) is 1. The van der Waals surface area contributed by atoms with Gasteiger partial charge in [-0.15, -0.1) is 0 Å². The Labute approximate surface area is 108 Å². The molecule has 1 N–H and O–H groups in total. The van der Waals surface area contributed by atoms with E-state index in [1.165, 1.54) is 19.3 Å². The van der Waals surface area contributed by atoms with Gasteiger partial charge in [0, 0.05) is 28.9 Å². The van der Waals surface area contributed by atoms with Crippen LogP contribution in [0.25, 0.3) is 0 Å². The van der Waals surface area contributed by atoms with Crippen LogP contribution in [0, 0.1) is 16.7 Å². The quantitative estimate of drug-likeness (QED) is 0.767. The first-order valence-corrected chi connectivity index (χ1v) is 8.64. The standard InChI is InChI=1S/C14H27NOS/c1-13(2)11-6-7-14(13,3)12(10-11)15-8-5-9-17(4)16/h11-12,15H,5-10H2,1-4H3. The molecule has 0 aromatic carbocycles. The van der Waals surface area contributed by atoms with Gasteiger partial charge in [-0.1, -0.05) is 20.8 Å². The fraction of sp³-hybridized carbons (Fsp3) is 1.00. The van der Waals surface area contributed by atoms with Gasteiger partial charge in [0.05, 0.1) is 0 Å². The second-order valence-electron chi connectivity index (χ2n) is 6.75. The molecule has 0 spiro atoms. The van der Waals surface area contributed by atoms with Gasteiger partial charge in [-0.25, -0.2) is 0 Å². The average molecular weight is 257 g/mol. The molecule has 0 aromatic rings. The summed E-state index contributed by atoms with van der Waals surface area (Å²) in [7, 11) is -0.636. The lowest BCUT2D eigenvalue weighted by atomic mass is 9.69. The number of nitrogens with one attached hydrogen (secondary N) is 1. The Kier molecular flexibility index (Phi) is 3.71. The molecular formula is C14H27NOS. The van der Waals surface area contributed by atoms with E-state index in [9.17, 15) is 4.21 Å². The Morgan fingerprint density at radius 1 is 1.35 bits per heavy atom. The zero-order chi connectivity index (χ0) is 12.7. The zero-order valence-electron chi connectivity index (χ0n) is 11.7. The van der Waals surface area contributed by atoms with Crippen LogP contribution in [-0.2, 0) is 10.8 Å². The average Bonchev–Trinajstić information content (AvgIpc) is 2.56. The Bertz CT molecular complexity index is 315. The Morgan fingerprint density at radius 2 is 2.06 bits per heavy atom. The zero-order valence-corrected chi connectivity index (χ0v) is 12.5. The molecule has 0 radical (unpaired) electrons. The summed E-state index contributed by atoms with van der Waals surface area (Å²) < 4.78 is 11.0. The SMILES string of the molecule is CS(=O)CCCNC1CC2CCC1(C)C2(C)C. The normalized spacial score (nSPS) is 40.7. The van der Waals surface area contributed by atoms with Crippen LogP contribution >= 0.6 is 0 Å². The maximum absolute atomic E-state index is 11.0. The highest BCUT2D eigenvalue weighted by Crippen LogP contribution is 2.65. The van der Waals surface area contributed by atoms with E-state index < -0.39 is 10.8 Å². The summed E-state index contributed by atoms with van der Waals surface area (Å²) in [5.74, 6) is 1.74. The van der Waals surface area contributed by atoms with Crippen molar-refractivity contribution in [3.8, 4) is 0 Å². The summed E-state index contributed by atoms with van der Waals surface area (Å²) >= 11 is 0. The molecule has 2 aliphatic carbocycles. The van der Waals surface area contributed by atoms with Crippen molar-refractivity contribution in [2.45, 2.75) is 52.5 Å². The smallest absolute Gasteiger partial charge is 0.0244 e. The summed E-state index contributed by atoms with van der Waals surface area (Å²) in [6.07, 6.45) is 6.98. The Morgan fingerprint density at radius 3 is 2.53 bits per heavy atom. The van der Waals surface area contributed by atoms with Gasteiger partial charge in [0.1, 0.15) is 0 Å². The van der Waals surface area contributed by atoms with Crippen LogP contribution < -0.4 is 5.32 Å². The van der Waals surface area contributed by atoms with E-state index in [0.29, 0.717) is 16.9 Å². The fourth-order valence-corrected chi connectivity index (χ4v) is 4.61. The van der Waals surface area contributed by atoms with Gasteiger partial charge in [0.15, 0.2) is 0 Å². The molecule has 17 heavy (non-hydrogen) atoms. The third-order valence-electron chi connectivity index (χ3n) is 5.79. The van der Waals surface area contributed by atoms with E-state index in [2.05, 4.69) is 26.1 Å². The minimum atomic E-state index is -0.636. The van der Waals surface area contributed by atoms with E-state index in [1.54, 1.807) is 6.26 Å². The highest BCUT2D eigenvalue weighted by molar-refractivity contribution is 7.84. The highest BCUT2D eigenvalue weighted by Gasteiger charge is 2.60. The molecule has 0 aliphatic heterocycles. The molecular weight excluding hydrogens is 230 g/mol. The molecule has 4 atom stereocenters. The third kappa shape index (κ3) is 2.21. The lowest BCUT2D eigenvalue weighted by Crippen LogP contribution is -2.44. The van der Waals surface area contributed by atoms with Gasteiger partial charge in [-0.2, -0.15) is 0 Å². The van der Waals surface area contributed by atoms with Crippen LogP contribution in [-0.4, -0.2) is 28.8 Å². The van der Waals surface area contributed by atoms with Crippen LogP contribution in [0.5, 0.6) is 0 Å². The van der Waals surface area contributed by atoms with Gasteiger partial charge in [0.25, 0.3) is 0 Å². The maximum Gasteiger partial charge on any atom is 0.0244 e. The van der Waals surface area contributed by atoms with Crippen LogP contribution in [0.15, 0.2) is 0 Å².